The summed E-state index contributed by atoms with van der Waals surface area (Å²) in [7, 11) is -3.34. The smallest absolute Gasteiger partial charge is 0.184 e. The van der Waals surface area contributed by atoms with Crippen molar-refractivity contribution >= 4 is 9.84 Å². The third kappa shape index (κ3) is 2.00. The maximum atomic E-state index is 12.4. The Labute approximate surface area is 103 Å². The SMILES string of the molecule is CC(C)(CN)S(=O)(=O)c1ccc2c(c1)CCC2. The summed E-state index contributed by atoms with van der Waals surface area (Å²) in [5.41, 5.74) is 8.03. The first-order valence-corrected chi connectivity index (χ1v) is 7.43. The Bertz CT molecular complexity index is 532. The summed E-state index contributed by atoms with van der Waals surface area (Å²) in [6.07, 6.45) is 3.18. The van der Waals surface area contributed by atoms with Crippen molar-refractivity contribution in [2.75, 3.05) is 6.54 Å². The fraction of sp³-hybridized carbons (Fsp3) is 0.538. The molecule has 0 unspecified atom stereocenters. The molecule has 1 aromatic carbocycles. The number of benzene rings is 1. The number of rotatable bonds is 3. The van der Waals surface area contributed by atoms with E-state index in [0.29, 0.717) is 4.90 Å². The Morgan fingerprint density at radius 1 is 1.24 bits per heavy atom. The fourth-order valence-electron chi connectivity index (χ4n) is 2.14. The molecule has 3 nitrogen and oxygen atoms in total. The van der Waals surface area contributed by atoms with Gasteiger partial charge in [-0.2, -0.15) is 0 Å². The van der Waals surface area contributed by atoms with Gasteiger partial charge in [0.15, 0.2) is 9.84 Å². The van der Waals surface area contributed by atoms with E-state index in [-0.39, 0.29) is 6.54 Å². The molecule has 17 heavy (non-hydrogen) atoms. The van der Waals surface area contributed by atoms with E-state index in [1.807, 2.05) is 12.1 Å². The number of fused-ring (bicyclic) bond motifs is 1. The van der Waals surface area contributed by atoms with Crippen LogP contribution in [0.4, 0.5) is 0 Å². The Balaban J connectivity index is 2.48. The van der Waals surface area contributed by atoms with Crippen molar-refractivity contribution in [3.8, 4) is 0 Å². The van der Waals surface area contributed by atoms with E-state index in [1.54, 1.807) is 19.9 Å². The number of sulfone groups is 1. The van der Waals surface area contributed by atoms with Crippen LogP contribution >= 0.6 is 0 Å². The molecule has 0 saturated carbocycles. The highest BCUT2D eigenvalue weighted by Gasteiger charge is 2.34. The molecule has 1 aliphatic carbocycles. The van der Waals surface area contributed by atoms with Crippen LogP contribution in [0.1, 0.15) is 31.4 Å². The number of hydrogen-bond acceptors (Lipinski definition) is 3. The van der Waals surface area contributed by atoms with E-state index in [0.717, 1.165) is 19.3 Å². The third-order valence-corrected chi connectivity index (χ3v) is 6.10. The molecular formula is C13H19NO2S. The first kappa shape index (κ1) is 12.6. The van der Waals surface area contributed by atoms with Crippen LogP contribution in [0.15, 0.2) is 23.1 Å². The molecule has 0 aliphatic heterocycles. The van der Waals surface area contributed by atoms with Gasteiger partial charge < -0.3 is 5.73 Å². The Morgan fingerprint density at radius 2 is 1.88 bits per heavy atom. The lowest BCUT2D eigenvalue weighted by Crippen LogP contribution is -2.39. The van der Waals surface area contributed by atoms with Crippen molar-refractivity contribution in [3.63, 3.8) is 0 Å². The van der Waals surface area contributed by atoms with Crippen LogP contribution in [0.5, 0.6) is 0 Å². The summed E-state index contributed by atoms with van der Waals surface area (Å²) in [5.74, 6) is 0. The summed E-state index contributed by atoms with van der Waals surface area (Å²) in [6, 6.07) is 5.49. The largest absolute Gasteiger partial charge is 0.329 e. The van der Waals surface area contributed by atoms with Crippen molar-refractivity contribution in [1.82, 2.24) is 0 Å². The van der Waals surface area contributed by atoms with Gasteiger partial charge in [-0.15, -0.1) is 0 Å². The molecule has 0 saturated heterocycles. The van der Waals surface area contributed by atoms with Crippen molar-refractivity contribution in [2.24, 2.45) is 5.73 Å². The average molecular weight is 253 g/mol. The molecule has 94 valence electrons. The average Bonchev–Trinajstić information content (AvgIpc) is 2.75. The maximum absolute atomic E-state index is 12.4. The van der Waals surface area contributed by atoms with Gasteiger partial charge in [0.1, 0.15) is 0 Å². The maximum Gasteiger partial charge on any atom is 0.184 e. The zero-order valence-electron chi connectivity index (χ0n) is 10.4. The summed E-state index contributed by atoms with van der Waals surface area (Å²) in [4.78, 5) is 0.411. The summed E-state index contributed by atoms with van der Waals surface area (Å²) in [6.45, 7) is 3.48. The minimum absolute atomic E-state index is 0.131. The molecule has 1 aliphatic rings. The number of nitrogens with two attached hydrogens (primary N) is 1. The van der Waals surface area contributed by atoms with E-state index in [2.05, 4.69) is 0 Å². The Morgan fingerprint density at radius 3 is 2.53 bits per heavy atom. The molecule has 0 spiro atoms. The van der Waals surface area contributed by atoms with Gasteiger partial charge in [0.05, 0.1) is 9.64 Å². The lowest BCUT2D eigenvalue weighted by Gasteiger charge is -2.23. The zero-order chi connectivity index (χ0) is 12.7. The van der Waals surface area contributed by atoms with E-state index in [9.17, 15) is 8.42 Å². The van der Waals surface area contributed by atoms with Crippen molar-refractivity contribution < 1.29 is 8.42 Å². The molecular weight excluding hydrogens is 234 g/mol. The second-order valence-electron chi connectivity index (χ2n) is 5.25. The lowest BCUT2D eigenvalue weighted by atomic mass is 10.1. The van der Waals surface area contributed by atoms with E-state index < -0.39 is 14.6 Å². The normalized spacial score (nSPS) is 15.9. The number of aryl methyl sites for hydroxylation is 2. The van der Waals surface area contributed by atoms with Crippen molar-refractivity contribution in [2.45, 2.75) is 42.8 Å². The second kappa shape index (κ2) is 4.10. The van der Waals surface area contributed by atoms with E-state index in [4.69, 9.17) is 5.73 Å². The molecule has 2 rings (SSSR count). The van der Waals surface area contributed by atoms with Gasteiger partial charge in [0.25, 0.3) is 0 Å². The van der Waals surface area contributed by atoms with Crippen LogP contribution < -0.4 is 5.73 Å². The molecule has 0 aromatic heterocycles. The molecule has 0 heterocycles. The first-order valence-electron chi connectivity index (χ1n) is 5.95. The quantitative estimate of drug-likeness (QED) is 0.891. The summed E-state index contributed by atoms with van der Waals surface area (Å²) < 4.78 is 23.9. The van der Waals surface area contributed by atoms with Gasteiger partial charge >= 0.3 is 0 Å². The molecule has 0 bridgehead atoms. The zero-order valence-corrected chi connectivity index (χ0v) is 11.2. The van der Waals surface area contributed by atoms with Crippen LogP contribution in [-0.2, 0) is 22.7 Å². The molecule has 2 N–H and O–H groups in total. The van der Waals surface area contributed by atoms with Crippen LogP contribution in [0.2, 0.25) is 0 Å². The fourth-order valence-corrected chi connectivity index (χ4v) is 3.55. The minimum Gasteiger partial charge on any atom is -0.329 e. The van der Waals surface area contributed by atoms with Gasteiger partial charge in [0.2, 0.25) is 0 Å². The summed E-state index contributed by atoms with van der Waals surface area (Å²) >= 11 is 0. The van der Waals surface area contributed by atoms with Gasteiger partial charge in [0, 0.05) is 6.54 Å². The standard InChI is InChI=1S/C13H19NO2S/c1-13(2,9-14)17(15,16)12-7-6-10-4-3-5-11(10)8-12/h6-8H,3-5,9,14H2,1-2H3. The van der Waals surface area contributed by atoms with Crippen LogP contribution in [-0.4, -0.2) is 19.7 Å². The van der Waals surface area contributed by atoms with Crippen LogP contribution in [0.3, 0.4) is 0 Å². The Kier molecular flexibility index (Phi) is 3.04. The minimum atomic E-state index is -3.34. The highest BCUT2D eigenvalue weighted by molar-refractivity contribution is 7.92. The van der Waals surface area contributed by atoms with Crippen LogP contribution in [0.25, 0.3) is 0 Å². The third-order valence-electron chi connectivity index (χ3n) is 3.60. The van der Waals surface area contributed by atoms with Crippen LogP contribution in [0, 0.1) is 0 Å². The molecule has 4 heteroatoms. The predicted molar refractivity (Wildman–Crippen MR) is 68.8 cm³/mol. The molecule has 1 aromatic rings. The predicted octanol–water partition coefficient (Wildman–Crippen LogP) is 1.69. The molecule has 0 amide bonds. The van der Waals surface area contributed by atoms with Gasteiger partial charge in [-0.05, 0) is 56.4 Å². The van der Waals surface area contributed by atoms with E-state index in [1.165, 1.54) is 11.1 Å². The van der Waals surface area contributed by atoms with Gasteiger partial charge in [-0.1, -0.05) is 6.07 Å². The van der Waals surface area contributed by atoms with Gasteiger partial charge in [-0.25, -0.2) is 8.42 Å². The summed E-state index contributed by atoms with van der Waals surface area (Å²) in [5, 5.41) is 0. The van der Waals surface area contributed by atoms with Crippen molar-refractivity contribution in [3.05, 3.63) is 29.3 Å². The second-order valence-corrected chi connectivity index (χ2v) is 7.83. The van der Waals surface area contributed by atoms with E-state index >= 15 is 0 Å². The highest BCUT2D eigenvalue weighted by atomic mass is 32.2. The first-order chi connectivity index (χ1) is 7.88. The number of hydrogen-bond donors (Lipinski definition) is 1. The Hall–Kier alpha value is -0.870. The highest BCUT2D eigenvalue weighted by Crippen LogP contribution is 2.29. The topological polar surface area (TPSA) is 60.2 Å². The molecule has 0 fully saturated rings. The molecule has 0 radical (unpaired) electrons. The molecule has 0 atom stereocenters. The van der Waals surface area contributed by atoms with Crippen molar-refractivity contribution in [1.29, 1.82) is 0 Å². The lowest BCUT2D eigenvalue weighted by molar-refractivity contribution is 0.549. The monoisotopic (exact) mass is 253 g/mol. The van der Waals surface area contributed by atoms with Gasteiger partial charge in [-0.3, -0.25) is 0 Å².